The zero-order valence-electron chi connectivity index (χ0n) is 18.1. The first kappa shape index (κ1) is 22.0. The Balaban J connectivity index is 1.55. The van der Waals surface area contributed by atoms with Crippen LogP contribution in [0.5, 0.6) is 0 Å². The van der Waals surface area contributed by atoms with Crippen molar-refractivity contribution in [1.82, 2.24) is 0 Å². The number of nitriles is 1. The van der Waals surface area contributed by atoms with Crippen molar-refractivity contribution in [2.24, 2.45) is 0 Å². The summed E-state index contributed by atoms with van der Waals surface area (Å²) in [5.74, 6) is -0.935. The Kier molecular flexibility index (Phi) is 6.36. The van der Waals surface area contributed by atoms with Gasteiger partial charge in [0.05, 0.1) is 11.3 Å². The van der Waals surface area contributed by atoms with E-state index in [9.17, 15) is 19.2 Å². The van der Waals surface area contributed by atoms with E-state index in [-0.39, 0.29) is 11.8 Å². The Morgan fingerprint density at radius 2 is 1.73 bits per heavy atom. The first-order chi connectivity index (χ1) is 16.0. The van der Waals surface area contributed by atoms with Crippen molar-refractivity contribution in [3.63, 3.8) is 0 Å². The molecule has 3 aromatic rings. The van der Waals surface area contributed by atoms with Gasteiger partial charge in [-0.15, -0.1) is 0 Å². The number of rotatable bonds is 5. The van der Waals surface area contributed by atoms with Gasteiger partial charge < -0.3 is 15.5 Å². The van der Waals surface area contributed by atoms with Crippen LogP contribution in [0.25, 0.3) is 0 Å². The highest BCUT2D eigenvalue weighted by Gasteiger charge is 2.28. The summed E-state index contributed by atoms with van der Waals surface area (Å²) >= 11 is 0. The Morgan fingerprint density at radius 1 is 1.00 bits per heavy atom. The van der Waals surface area contributed by atoms with Crippen LogP contribution < -0.4 is 15.5 Å². The van der Waals surface area contributed by atoms with E-state index in [1.54, 1.807) is 24.3 Å². The molecule has 1 unspecified atom stereocenters. The van der Waals surface area contributed by atoms with Gasteiger partial charge in [-0.05, 0) is 73.9 Å². The summed E-state index contributed by atoms with van der Waals surface area (Å²) in [6.07, 6.45) is 1.58. The molecule has 0 saturated carbocycles. The molecule has 2 N–H and O–H groups in total. The monoisotopic (exact) mass is 442 g/mol. The summed E-state index contributed by atoms with van der Waals surface area (Å²) in [5.41, 5.74) is 3.77. The van der Waals surface area contributed by atoms with E-state index in [4.69, 9.17) is 0 Å². The lowest BCUT2D eigenvalue weighted by Gasteiger charge is -2.36. The van der Waals surface area contributed by atoms with Gasteiger partial charge >= 0.3 is 0 Å². The number of carbonyl (C=O) groups excluding carboxylic acids is 2. The fourth-order valence-electron chi connectivity index (χ4n) is 4.04. The maximum absolute atomic E-state index is 13.2. The number of nitrogens with zero attached hydrogens (tertiary/aromatic N) is 2. The molecule has 6 nitrogen and oxygen atoms in total. The number of hydrogen-bond donors (Lipinski definition) is 2. The molecule has 4 rings (SSSR count). The minimum atomic E-state index is -0.487. The molecule has 0 radical (unpaired) electrons. The Morgan fingerprint density at radius 3 is 2.48 bits per heavy atom. The molecular formula is C26H23FN4O2. The van der Waals surface area contributed by atoms with Gasteiger partial charge in [0.15, 0.2) is 0 Å². The molecular weight excluding hydrogens is 419 g/mol. The quantitative estimate of drug-likeness (QED) is 0.598. The summed E-state index contributed by atoms with van der Waals surface area (Å²) in [5, 5.41) is 15.1. The second kappa shape index (κ2) is 9.53. The van der Waals surface area contributed by atoms with Gasteiger partial charge in [0, 0.05) is 23.5 Å². The summed E-state index contributed by atoms with van der Waals surface area (Å²) < 4.78 is 13.2. The molecule has 1 aliphatic rings. The number of para-hydroxylation sites is 1. The van der Waals surface area contributed by atoms with Gasteiger partial charge in [-0.3, -0.25) is 9.59 Å². The molecule has 0 aromatic heterocycles. The smallest absolute Gasteiger partial charge is 0.255 e. The fourth-order valence-corrected chi connectivity index (χ4v) is 4.04. The van der Waals surface area contributed by atoms with Crippen molar-refractivity contribution in [2.45, 2.75) is 25.8 Å². The summed E-state index contributed by atoms with van der Waals surface area (Å²) in [4.78, 5) is 27.7. The number of amides is 2. The van der Waals surface area contributed by atoms with E-state index in [1.807, 2.05) is 30.0 Å². The minimum absolute atomic E-state index is 0.216. The molecule has 0 aliphatic carbocycles. The zero-order valence-corrected chi connectivity index (χ0v) is 18.1. The number of anilines is 3. The number of hydrogen-bond acceptors (Lipinski definition) is 4. The topological polar surface area (TPSA) is 85.2 Å². The standard InChI is InChI=1S/C26H23FN4O2/c1-17(25(32)29-22-8-3-2-6-19(22)16-28)31-15-5-7-21-23(9-4-10-24(21)31)30-26(33)18-11-13-20(27)14-12-18/h2-4,6,8-14,17H,5,7,15H2,1H3,(H,29,32)(H,30,33). The average Bonchev–Trinajstić information content (AvgIpc) is 2.84. The molecule has 0 spiro atoms. The first-order valence-corrected chi connectivity index (χ1v) is 10.7. The van der Waals surface area contributed by atoms with Crippen LogP contribution in [0.4, 0.5) is 21.5 Å². The second-order valence-corrected chi connectivity index (χ2v) is 7.88. The lowest BCUT2D eigenvalue weighted by atomic mass is 9.97. The normalized spacial score (nSPS) is 13.4. The lowest BCUT2D eigenvalue weighted by molar-refractivity contribution is -0.117. The first-order valence-electron chi connectivity index (χ1n) is 10.7. The molecule has 1 heterocycles. The molecule has 166 valence electrons. The van der Waals surface area contributed by atoms with Gasteiger partial charge in [0.2, 0.25) is 5.91 Å². The molecule has 7 heteroatoms. The van der Waals surface area contributed by atoms with E-state index < -0.39 is 11.9 Å². The highest BCUT2D eigenvalue weighted by molar-refractivity contribution is 6.05. The molecule has 33 heavy (non-hydrogen) atoms. The summed E-state index contributed by atoms with van der Waals surface area (Å²) in [6, 6.07) is 19.5. The second-order valence-electron chi connectivity index (χ2n) is 7.88. The molecule has 2 amide bonds. The van der Waals surface area contributed by atoms with E-state index in [2.05, 4.69) is 16.7 Å². The third-order valence-corrected chi connectivity index (χ3v) is 5.79. The molecule has 3 aromatic carbocycles. The summed E-state index contributed by atoms with van der Waals surface area (Å²) in [6.45, 7) is 2.51. The lowest BCUT2D eigenvalue weighted by Crippen LogP contribution is -2.45. The Bertz CT molecular complexity index is 1230. The van der Waals surface area contributed by atoms with E-state index in [0.29, 0.717) is 29.0 Å². The average molecular weight is 442 g/mol. The molecule has 0 saturated heterocycles. The van der Waals surface area contributed by atoms with Crippen molar-refractivity contribution < 1.29 is 14.0 Å². The van der Waals surface area contributed by atoms with Gasteiger partial charge in [-0.2, -0.15) is 5.26 Å². The van der Waals surface area contributed by atoms with Crippen LogP contribution in [-0.2, 0) is 11.2 Å². The van der Waals surface area contributed by atoms with Gasteiger partial charge in [-0.1, -0.05) is 18.2 Å². The van der Waals surface area contributed by atoms with Crippen molar-refractivity contribution in [3.8, 4) is 6.07 Å². The zero-order chi connectivity index (χ0) is 23.4. The largest absolute Gasteiger partial charge is 0.359 e. The fraction of sp³-hybridized carbons (Fsp3) is 0.192. The molecule has 1 atom stereocenters. The molecule has 1 aliphatic heterocycles. The van der Waals surface area contributed by atoms with Crippen LogP contribution in [0.2, 0.25) is 0 Å². The number of halogens is 1. The maximum atomic E-state index is 13.2. The highest BCUT2D eigenvalue weighted by Crippen LogP contribution is 2.34. The van der Waals surface area contributed by atoms with Crippen molar-refractivity contribution in [2.75, 3.05) is 22.1 Å². The van der Waals surface area contributed by atoms with Crippen LogP contribution in [0.3, 0.4) is 0 Å². The van der Waals surface area contributed by atoms with Crippen LogP contribution in [0, 0.1) is 17.1 Å². The number of benzene rings is 3. The van der Waals surface area contributed by atoms with E-state index >= 15 is 0 Å². The summed E-state index contributed by atoms with van der Waals surface area (Å²) in [7, 11) is 0. The van der Waals surface area contributed by atoms with Crippen molar-refractivity contribution in [1.29, 1.82) is 5.26 Å². The van der Waals surface area contributed by atoms with Crippen LogP contribution >= 0.6 is 0 Å². The van der Waals surface area contributed by atoms with Crippen molar-refractivity contribution in [3.05, 3.63) is 89.2 Å². The van der Waals surface area contributed by atoms with Gasteiger partial charge in [0.1, 0.15) is 17.9 Å². The van der Waals surface area contributed by atoms with E-state index in [0.717, 1.165) is 24.1 Å². The van der Waals surface area contributed by atoms with E-state index in [1.165, 1.54) is 24.3 Å². The van der Waals surface area contributed by atoms with Crippen LogP contribution in [0.15, 0.2) is 66.7 Å². The molecule has 0 fully saturated rings. The van der Waals surface area contributed by atoms with Crippen molar-refractivity contribution >= 4 is 28.9 Å². The van der Waals surface area contributed by atoms with Crippen LogP contribution in [-0.4, -0.2) is 24.4 Å². The number of fused-ring (bicyclic) bond motifs is 1. The third kappa shape index (κ3) is 4.70. The minimum Gasteiger partial charge on any atom is -0.359 e. The van der Waals surface area contributed by atoms with Gasteiger partial charge in [0.25, 0.3) is 5.91 Å². The SMILES string of the molecule is CC(C(=O)Nc1ccccc1C#N)N1CCCc2c(NC(=O)c3ccc(F)cc3)cccc21. The van der Waals surface area contributed by atoms with Gasteiger partial charge in [-0.25, -0.2) is 4.39 Å². The Hall–Kier alpha value is -4.18. The number of nitrogens with one attached hydrogen (secondary N) is 2. The predicted molar refractivity (Wildman–Crippen MR) is 126 cm³/mol. The third-order valence-electron chi connectivity index (χ3n) is 5.79. The highest BCUT2D eigenvalue weighted by atomic mass is 19.1. The molecule has 0 bridgehead atoms. The predicted octanol–water partition coefficient (Wildman–Crippen LogP) is 4.73. The Labute approximate surface area is 191 Å². The maximum Gasteiger partial charge on any atom is 0.255 e. The van der Waals surface area contributed by atoms with Crippen LogP contribution in [0.1, 0.15) is 34.8 Å². The number of carbonyl (C=O) groups is 2.